The van der Waals surface area contributed by atoms with Crippen molar-refractivity contribution in [1.29, 1.82) is 0 Å². The minimum absolute atomic E-state index is 0.0429. The highest BCUT2D eigenvalue weighted by molar-refractivity contribution is 6.30. The van der Waals surface area contributed by atoms with E-state index in [-0.39, 0.29) is 11.9 Å². The Labute approximate surface area is 136 Å². The summed E-state index contributed by atoms with van der Waals surface area (Å²) in [6.07, 6.45) is 3.20. The van der Waals surface area contributed by atoms with Gasteiger partial charge in [0.1, 0.15) is 6.04 Å². The van der Waals surface area contributed by atoms with Gasteiger partial charge in [0.15, 0.2) is 0 Å². The summed E-state index contributed by atoms with van der Waals surface area (Å²) in [5.41, 5.74) is 0. The molecule has 0 bridgehead atoms. The fraction of sp³-hybridized carbons (Fsp3) is 0.733. The first-order chi connectivity index (χ1) is 10.5. The quantitative estimate of drug-likeness (QED) is 0.861. The predicted molar refractivity (Wildman–Crippen MR) is 86.0 cm³/mol. The third-order valence-electron chi connectivity index (χ3n) is 4.12. The standard InChI is InChI=1S/C15H25ClN4O2/c1-11(2)14(19-4-6-22-7-5-19)9-17-15(21)12(3)20-10-13(16)8-18-20/h8,10-12,14H,4-7,9H2,1-3H3,(H,17,21). The van der Waals surface area contributed by atoms with Crippen molar-refractivity contribution in [1.82, 2.24) is 20.0 Å². The van der Waals surface area contributed by atoms with Crippen LogP contribution >= 0.6 is 11.6 Å². The zero-order chi connectivity index (χ0) is 16.1. The van der Waals surface area contributed by atoms with Gasteiger partial charge >= 0.3 is 0 Å². The molecule has 2 atom stereocenters. The smallest absolute Gasteiger partial charge is 0.244 e. The van der Waals surface area contributed by atoms with Crippen LogP contribution in [-0.4, -0.2) is 59.5 Å². The average Bonchev–Trinajstić information content (AvgIpc) is 2.93. The number of hydrogen-bond acceptors (Lipinski definition) is 4. The lowest BCUT2D eigenvalue weighted by molar-refractivity contribution is -0.124. The average molecular weight is 329 g/mol. The molecule has 0 radical (unpaired) electrons. The van der Waals surface area contributed by atoms with Crippen molar-refractivity contribution in [3.63, 3.8) is 0 Å². The first-order valence-corrected chi connectivity index (χ1v) is 8.16. The fourth-order valence-corrected chi connectivity index (χ4v) is 2.84. The second-order valence-electron chi connectivity index (χ2n) is 6.02. The summed E-state index contributed by atoms with van der Waals surface area (Å²) in [6.45, 7) is 10.2. The lowest BCUT2D eigenvalue weighted by Crippen LogP contribution is -2.51. The molecule has 6 nitrogen and oxygen atoms in total. The Kier molecular flexibility index (Phi) is 6.23. The molecule has 0 aromatic carbocycles. The monoisotopic (exact) mass is 328 g/mol. The Hall–Kier alpha value is -1.11. The van der Waals surface area contributed by atoms with E-state index in [9.17, 15) is 4.79 Å². The number of rotatable bonds is 6. The Morgan fingerprint density at radius 1 is 1.41 bits per heavy atom. The molecule has 1 aliphatic heterocycles. The molecule has 0 aliphatic carbocycles. The Morgan fingerprint density at radius 2 is 2.09 bits per heavy atom. The molecule has 1 aromatic heterocycles. The van der Waals surface area contributed by atoms with Gasteiger partial charge in [0.05, 0.1) is 24.4 Å². The zero-order valence-electron chi connectivity index (χ0n) is 13.5. The van der Waals surface area contributed by atoms with Gasteiger partial charge in [0.25, 0.3) is 0 Å². The highest BCUT2D eigenvalue weighted by Crippen LogP contribution is 2.14. The summed E-state index contributed by atoms with van der Waals surface area (Å²) >= 11 is 5.85. The van der Waals surface area contributed by atoms with Crippen LogP contribution < -0.4 is 5.32 Å². The molecule has 1 fully saturated rings. The van der Waals surface area contributed by atoms with Crippen LogP contribution in [0.3, 0.4) is 0 Å². The number of amides is 1. The Morgan fingerprint density at radius 3 is 2.64 bits per heavy atom. The van der Waals surface area contributed by atoms with Crippen molar-refractivity contribution >= 4 is 17.5 Å². The first kappa shape index (κ1) is 17.2. The number of ether oxygens (including phenoxy) is 1. The topological polar surface area (TPSA) is 59.4 Å². The third-order valence-corrected chi connectivity index (χ3v) is 4.31. The van der Waals surface area contributed by atoms with E-state index >= 15 is 0 Å². The lowest BCUT2D eigenvalue weighted by atomic mass is 10.0. The maximum atomic E-state index is 12.3. The van der Waals surface area contributed by atoms with E-state index in [2.05, 4.69) is 29.2 Å². The minimum atomic E-state index is -0.370. The maximum absolute atomic E-state index is 12.3. The predicted octanol–water partition coefficient (Wildman–Crippen LogP) is 1.57. The summed E-state index contributed by atoms with van der Waals surface area (Å²) in [5.74, 6) is 0.423. The normalized spacial score (nSPS) is 19.1. The molecule has 1 N–H and O–H groups in total. The van der Waals surface area contributed by atoms with E-state index in [1.807, 2.05) is 6.92 Å². The van der Waals surface area contributed by atoms with Crippen molar-refractivity contribution in [3.05, 3.63) is 17.4 Å². The molecular formula is C15H25ClN4O2. The van der Waals surface area contributed by atoms with Crippen LogP contribution in [0.15, 0.2) is 12.4 Å². The summed E-state index contributed by atoms with van der Waals surface area (Å²) in [6, 6.07) is -0.0498. The molecule has 2 unspecified atom stereocenters. The van der Waals surface area contributed by atoms with Gasteiger partial charge in [-0.2, -0.15) is 5.10 Å². The van der Waals surface area contributed by atoms with Gasteiger partial charge in [-0.3, -0.25) is 14.4 Å². The second-order valence-corrected chi connectivity index (χ2v) is 6.46. The first-order valence-electron chi connectivity index (χ1n) is 7.78. The SMILES string of the molecule is CC(C)C(CNC(=O)C(C)n1cc(Cl)cn1)N1CCOCC1. The van der Waals surface area contributed by atoms with Gasteiger partial charge in [-0.25, -0.2) is 0 Å². The highest BCUT2D eigenvalue weighted by atomic mass is 35.5. The van der Waals surface area contributed by atoms with Crippen LogP contribution in [0, 0.1) is 5.92 Å². The lowest BCUT2D eigenvalue weighted by Gasteiger charge is -2.37. The fourth-order valence-electron chi connectivity index (χ4n) is 2.70. The number of carbonyl (C=O) groups excluding carboxylic acids is 1. The second kappa shape index (κ2) is 7.94. The molecule has 1 saturated heterocycles. The van der Waals surface area contributed by atoms with Gasteiger partial charge in [-0.05, 0) is 12.8 Å². The number of nitrogens with zero attached hydrogens (tertiary/aromatic N) is 3. The minimum Gasteiger partial charge on any atom is -0.379 e. The molecule has 2 heterocycles. The van der Waals surface area contributed by atoms with Crippen LogP contribution in [0.1, 0.15) is 26.8 Å². The van der Waals surface area contributed by atoms with Crippen LogP contribution in [0.5, 0.6) is 0 Å². The largest absolute Gasteiger partial charge is 0.379 e. The van der Waals surface area contributed by atoms with Gasteiger partial charge in [-0.1, -0.05) is 25.4 Å². The van der Waals surface area contributed by atoms with Gasteiger partial charge < -0.3 is 10.1 Å². The Balaban J connectivity index is 1.89. The molecule has 22 heavy (non-hydrogen) atoms. The van der Waals surface area contributed by atoms with Crippen molar-refractivity contribution < 1.29 is 9.53 Å². The number of halogens is 1. The van der Waals surface area contributed by atoms with Gasteiger partial charge in [-0.15, -0.1) is 0 Å². The van der Waals surface area contributed by atoms with Crippen molar-refractivity contribution in [2.75, 3.05) is 32.8 Å². The van der Waals surface area contributed by atoms with Crippen LogP contribution in [0.4, 0.5) is 0 Å². The van der Waals surface area contributed by atoms with E-state index in [4.69, 9.17) is 16.3 Å². The highest BCUT2D eigenvalue weighted by Gasteiger charge is 2.25. The molecule has 1 amide bonds. The molecule has 7 heteroatoms. The third kappa shape index (κ3) is 4.44. The molecule has 0 saturated carbocycles. The molecular weight excluding hydrogens is 304 g/mol. The number of hydrogen-bond donors (Lipinski definition) is 1. The van der Waals surface area contributed by atoms with Crippen molar-refractivity contribution in [2.45, 2.75) is 32.9 Å². The van der Waals surface area contributed by atoms with Crippen molar-refractivity contribution in [2.24, 2.45) is 5.92 Å². The maximum Gasteiger partial charge on any atom is 0.244 e. The van der Waals surface area contributed by atoms with E-state index < -0.39 is 0 Å². The van der Waals surface area contributed by atoms with Crippen LogP contribution in [-0.2, 0) is 9.53 Å². The van der Waals surface area contributed by atoms with Crippen molar-refractivity contribution in [3.8, 4) is 0 Å². The number of morpholine rings is 1. The Bertz CT molecular complexity index is 486. The molecule has 1 aromatic rings. The van der Waals surface area contributed by atoms with E-state index in [1.165, 1.54) is 6.20 Å². The molecule has 1 aliphatic rings. The number of aromatic nitrogens is 2. The zero-order valence-corrected chi connectivity index (χ0v) is 14.2. The molecule has 0 spiro atoms. The summed E-state index contributed by atoms with van der Waals surface area (Å²) in [7, 11) is 0. The van der Waals surface area contributed by atoms with E-state index in [1.54, 1.807) is 10.9 Å². The number of carbonyl (C=O) groups is 1. The summed E-state index contributed by atoms with van der Waals surface area (Å²) in [4.78, 5) is 14.7. The van der Waals surface area contributed by atoms with E-state index in [0.29, 0.717) is 23.5 Å². The summed E-state index contributed by atoms with van der Waals surface area (Å²) in [5, 5.41) is 7.66. The van der Waals surface area contributed by atoms with Gasteiger partial charge in [0.2, 0.25) is 5.91 Å². The van der Waals surface area contributed by atoms with Crippen LogP contribution in [0.2, 0.25) is 5.02 Å². The number of nitrogens with one attached hydrogen (secondary N) is 1. The van der Waals surface area contributed by atoms with E-state index in [0.717, 1.165) is 26.3 Å². The molecule has 124 valence electrons. The summed E-state index contributed by atoms with van der Waals surface area (Å²) < 4.78 is 6.98. The van der Waals surface area contributed by atoms with Crippen LogP contribution in [0.25, 0.3) is 0 Å². The molecule has 2 rings (SSSR count). The van der Waals surface area contributed by atoms with Gasteiger partial charge in [0, 0.05) is 31.9 Å².